The monoisotopic (exact) mass is 513 g/mol. The third kappa shape index (κ3) is 7.37. The van der Waals surface area contributed by atoms with Gasteiger partial charge in [0, 0.05) is 17.1 Å². The molecule has 0 unspecified atom stereocenters. The highest BCUT2D eigenvalue weighted by atomic mass is 35.5. The molecule has 0 aliphatic rings. The van der Waals surface area contributed by atoms with Gasteiger partial charge in [-0.2, -0.15) is 0 Å². The molecule has 2 atom stereocenters. The second-order valence-corrected chi connectivity index (χ2v) is 10.2. The number of halogens is 2. The highest BCUT2D eigenvalue weighted by Gasteiger charge is 2.22. The Balaban J connectivity index is 1.59. The number of aliphatic hydroxyl groups excluding tert-OH is 1. The van der Waals surface area contributed by atoms with Gasteiger partial charge < -0.3 is 20.3 Å². The Kier molecular flexibility index (Phi) is 9.25. The number of nitrogens with one attached hydrogen (secondary N) is 1. The number of rotatable bonds is 11. The second kappa shape index (κ2) is 12.0. The summed E-state index contributed by atoms with van der Waals surface area (Å²) in [7, 11) is 0. The van der Waals surface area contributed by atoms with Gasteiger partial charge in [0.25, 0.3) is 0 Å². The molecular weight excluding hydrogens is 481 g/mol. The van der Waals surface area contributed by atoms with Crippen molar-refractivity contribution in [3.63, 3.8) is 0 Å². The molecule has 0 bridgehead atoms. The Morgan fingerprint density at radius 1 is 1.14 bits per heavy atom. The van der Waals surface area contributed by atoms with Crippen molar-refractivity contribution in [3.8, 4) is 11.1 Å². The first kappa shape index (κ1) is 27.8. The Labute approximate surface area is 216 Å². The lowest BCUT2D eigenvalue weighted by Gasteiger charge is -2.28. The van der Waals surface area contributed by atoms with E-state index in [-0.39, 0.29) is 30.6 Å². The summed E-state index contributed by atoms with van der Waals surface area (Å²) < 4.78 is 20.2. The van der Waals surface area contributed by atoms with E-state index < -0.39 is 17.6 Å². The zero-order valence-electron chi connectivity index (χ0n) is 21.0. The van der Waals surface area contributed by atoms with Crippen LogP contribution in [0.1, 0.15) is 53.9 Å². The van der Waals surface area contributed by atoms with Gasteiger partial charge in [-0.1, -0.05) is 54.1 Å². The van der Waals surface area contributed by atoms with Crippen molar-refractivity contribution in [1.82, 2.24) is 5.32 Å². The lowest BCUT2D eigenvalue weighted by Crippen LogP contribution is -2.46. The topological polar surface area (TPSA) is 78.8 Å². The van der Waals surface area contributed by atoms with Crippen LogP contribution in [0.15, 0.2) is 60.7 Å². The maximum Gasteiger partial charge on any atom is 0.335 e. The van der Waals surface area contributed by atoms with Gasteiger partial charge in [0.2, 0.25) is 0 Å². The van der Waals surface area contributed by atoms with Gasteiger partial charge in [-0.15, -0.1) is 0 Å². The lowest BCUT2D eigenvalue weighted by molar-refractivity contribution is -0.00398. The van der Waals surface area contributed by atoms with Gasteiger partial charge in [-0.25, -0.2) is 9.18 Å². The average Bonchev–Trinajstić information content (AvgIpc) is 2.82. The molecule has 0 aliphatic carbocycles. The van der Waals surface area contributed by atoms with Gasteiger partial charge in [0.15, 0.2) is 0 Å². The molecule has 0 saturated heterocycles. The maximum absolute atomic E-state index is 14.2. The number of carboxylic acids is 1. The molecule has 3 N–H and O–H groups in total. The molecule has 0 heterocycles. The Hall–Kier alpha value is -2.77. The second-order valence-electron chi connectivity index (χ2n) is 9.73. The third-order valence-corrected chi connectivity index (χ3v) is 6.40. The molecule has 3 aromatic rings. The number of hydrogen-bond acceptors (Lipinski definition) is 4. The van der Waals surface area contributed by atoms with E-state index in [2.05, 4.69) is 5.32 Å². The molecule has 0 spiro atoms. The molecule has 5 nitrogen and oxygen atoms in total. The van der Waals surface area contributed by atoms with E-state index >= 15 is 0 Å². The zero-order valence-corrected chi connectivity index (χ0v) is 21.8. The van der Waals surface area contributed by atoms with Gasteiger partial charge in [0.05, 0.1) is 24.4 Å². The van der Waals surface area contributed by atoms with E-state index in [4.69, 9.17) is 16.3 Å². The number of aliphatic hydroxyl groups is 1. The number of aryl methyl sites for hydroxylation is 1. The highest BCUT2D eigenvalue weighted by molar-refractivity contribution is 6.30. The SMILES string of the molecule is Cc1cc(-c2ccccc2[C@@H](C)OC[C@H](O)CNC(C)(C)Cc2ccc(Cl)cc2F)ccc1C(=O)O. The maximum atomic E-state index is 14.2. The fourth-order valence-corrected chi connectivity index (χ4v) is 4.35. The first-order chi connectivity index (χ1) is 17.0. The van der Waals surface area contributed by atoms with Gasteiger partial charge in [-0.3, -0.25) is 0 Å². The normalized spacial score (nSPS) is 13.4. The van der Waals surface area contributed by atoms with Crippen LogP contribution < -0.4 is 5.32 Å². The molecule has 0 aliphatic heterocycles. The van der Waals surface area contributed by atoms with Crippen molar-refractivity contribution in [1.29, 1.82) is 0 Å². The van der Waals surface area contributed by atoms with Crippen molar-refractivity contribution >= 4 is 17.6 Å². The number of ether oxygens (including phenoxy) is 1. The Bertz CT molecular complexity index is 1210. The average molecular weight is 514 g/mol. The van der Waals surface area contributed by atoms with Crippen molar-refractivity contribution in [2.24, 2.45) is 0 Å². The first-order valence-electron chi connectivity index (χ1n) is 11.9. The number of carbonyl (C=O) groups is 1. The lowest BCUT2D eigenvalue weighted by atomic mass is 9.94. The Morgan fingerprint density at radius 3 is 2.53 bits per heavy atom. The van der Waals surface area contributed by atoms with E-state index in [1.165, 1.54) is 6.07 Å². The fraction of sp³-hybridized carbons (Fsp3) is 0.345. The largest absolute Gasteiger partial charge is 0.478 e. The molecule has 36 heavy (non-hydrogen) atoms. The highest BCUT2D eigenvalue weighted by Crippen LogP contribution is 2.31. The van der Waals surface area contributed by atoms with Crippen LogP contribution in [0.4, 0.5) is 4.39 Å². The third-order valence-electron chi connectivity index (χ3n) is 6.17. The summed E-state index contributed by atoms with van der Waals surface area (Å²) in [6.45, 7) is 8.00. The van der Waals surface area contributed by atoms with E-state index in [1.54, 1.807) is 31.2 Å². The van der Waals surface area contributed by atoms with E-state index in [1.807, 2.05) is 51.1 Å². The van der Waals surface area contributed by atoms with Crippen LogP contribution in [-0.4, -0.2) is 41.0 Å². The first-order valence-corrected chi connectivity index (χ1v) is 12.3. The molecule has 0 radical (unpaired) electrons. The predicted octanol–water partition coefficient (Wildman–Crippen LogP) is 6.20. The van der Waals surface area contributed by atoms with Crippen LogP contribution in [0.25, 0.3) is 11.1 Å². The van der Waals surface area contributed by atoms with Crippen molar-refractivity contribution < 1.29 is 24.1 Å². The van der Waals surface area contributed by atoms with Gasteiger partial charge >= 0.3 is 5.97 Å². The van der Waals surface area contributed by atoms with Gasteiger partial charge in [-0.05, 0) is 80.1 Å². The zero-order chi connectivity index (χ0) is 26.5. The fourth-order valence-electron chi connectivity index (χ4n) is 4.19. The molecular formula is C29H33ClFNO4. The summed E-state index contributed by atoms with van der Waals surface area (Å²) in [5.41, 5.74) is 3.86. The van der Waals surface area contributed by atoms with Crippen molar-refractivity contribution in [3.05, 3.63) is 93.8 Å². The van der Waals surface area contributed by atoms with Crippen molar-refractivity contribution in [2.75, 3.05) is 13.2 Å². The van der Waals surface area contributed by atoms with E-state index in [0.717, 1.165) is 16.7 Å². The molecule has 3 aromatic carbocycles. The standard InChI is InChI=1S/C29H33ClFNO4/c1-18-13-20(10-12-24(18)28(34)35)26-8-6-5-7-25(26)19(2)36-17-23(33)16-32-29(3,4)15-21-9-11-22(30)14-27(21)31/h5-14,19,23,32-33H,15-17H2,1-4H3,(H,34,35)/t19-,23-/m1/s1. The summed E-state index contributed by atoms with van der Waals surface area (Å²) >= 11 is 5.84. The van der Waals surface area contributed by atoms with Gasteiger partial charge in [0.1, 0.15) is 5.82 Å². The summed E-state index contributed by atoms with van der Waals surface area (Å²) in [6, 6.07) is 17.7. The van der Waals surface area contributed by atoms with Crippen LogP contribution in [0, 0.1) is 12.7 Å². The number of aromatic carboxylic acids is 1. The van der Waals surface area contributed by atoms with E-state index in [9.17, 15) is 19.4 Å². The van der Waals surface area contributed by atoms with Crippen LogP contribution in [0.2, 0.25) is 5.02 Å². The molecule has 0 amide bonds. The summed E-state index contributed by atoms with van der Waals surface area (Å²) in [6.07, 6.45) is -0.620. The van der Waals surface area contributed by atoms with E-state index in [0.29, 0.717) is 22.6 Å². The number of hydrogen-bond donors (Lipinski definition) is 3. The molecule has 0 saturated carbocycles. The van der Waals surface area contributed by atoms with Crippen LogP contribution in [-0.2, 0) is 11.2 Å². The molecule has 7 heteroatoms. The smallest absolute Gasteiger partial charge is 0.335 e. The molecule has 3 rings (SSSR count). The van der Waals surface area contributed by atoms with Crippen LogP contribution in [0.5, 0.6) is 0 Å². The molecule has 0 aromatic heterocycles. The number of benzene rings is 3. The minimum atomic E-state index is -0.951. The molecule has 192 valence electrons. The van der Waals surface area contributed by atoms with Crippen molar-refractivity contribution in [2.45, 2.75) is 51.9 Å². The molecule has 0 fully saturated rings. The summed E-state index contributed by atoms with van der Waals surface area (Å²) in [5, 5.41) is 23.5. The minimum absolute atomic E-state index is 0.116. The van der Waals surface area contributed by atoms with Crippen LogP contribution >= 0.6 is 11.6 Å². The van der Waals surface area contributed by atoms with Crippen LogP contribution in [0.3, 0.4) is 0 Å². The minimum Gasteiger partial charge on any atom is -0.478 e. The quantitative estimate of drug-likeness (QED) is 0.284. The number of carboxylic acid groups (broad SMARTS) is 1. The number of β-amino-alcohol motifs (C(OH)–C–C–N with tert-alkyl or cyclic N) is 1. The predicted molar refractivity (Wildman–Crippen MR) is 141 cm³/mol. The summed E-state index contributed by atoms with van der Waals surface area (Å²) in [4.78, 5) is 11.4. The summed E-state index contributed by atoms with van der Waals surface area (Å²) in [5.74, 6) is -1.30. The Morgan fingerprint density at radius 2 is 1.86 bits per heavy atom.